The highest BCUT2D eigenvalue weighted by molar-refractivity contribution is 9.10. The molecule has 2 aromatic heterocycles. The fraction of sp³-hybridized carbons (Fsp3) is 0.0769. The maximum atomic E-state index is 4.56. The van der Waals surface area contributed by atoms with E-state index in [4.69, 9.17) is 0 Å². The summed E-state index contributed by atoms with van der Waals surface area (Å²) in [6, 6.07) is 12.4. The van der Waals surface area contributed by atoms with Gasteiger partial charge < -0.3 is 0 Å². The molecule has 78 valence electrons. The SMILES string of the molecule is C[n+]1cccc2ccc3ccc(Br)nc3c21. The molecule has 3 heteroatoms. The van der Waals surface area contributed by atoms with Gasteiger partial charge in [0.05, 0.1) is 0 Å². The molecule has 0 aliphatic carbocycles. The highest BCUT2D eigenvalue weighted by atomic mass is 79.9. The van der Waals surface area contributed by atoms with Crippen molar-refractivity contribution in [3.63, 3.8) is 0 Å². The lowest BCUT2D eigenvalue weighted by Gasteiger charge is -2.01. The van der Waals surface area contributed by atoms with Crippen LogP contribution in [0.3, 0.4) is 0 Å². The Morgan fingerprint density at radius 3 is 2.69 bits per heavy atom. The molecular weight excluding hydrogens is 264 g/mol. The number of benzene rings is 1. The number of halogens is 1. The van der Waals surface area contributed by atoms with Crippen LogP contribution in [-0.2, 0) is 7.05 Å². The third-order valence-electron chi connectivity index (χ3n) is 2.77. The van der Waals surface area contributed by atoms with Gasteiger partial charge in [0.2, 0.25) is 5.52 Å². The Hall–Kier alpha value is -1.48. The molecule has 3 rings (SSSR count). The second-order valence-electron chi connectivity index (χ2n) is 3.83. The van der Waals surface area contributed by atoms with Crippen LogP contribution in [0, 0.1) is 0 Å². The van der Waals surface area contributed by atoms with Gasteiger partial charge in [-0.25, -0.2) is 4.98 Å². The van der Waals surface area contributed by atoms with E-state index in [1.807, 2.05) is 25.4 Å². The molecule has 0 atom stereocenters. The maximum Gasteiger partial charge on any atom is 0.238 e. The van der Waals surface area contributed by atoms with Gasteiger partial charge in [-0.1, -0.05) is 6.07 Å². The molecule has 3 aromatic rings. The van der Waals surface area contributed by atoms with E-state index in [0.29, 0.717) is 0 Å². The van der Waals surface area contributed by atoms with Gasteiger partial charge in [0.25, 0.3) is 0 Å². The van der Waals surface area contributed by atoms with Gasteiger partial charge in [-0.05, 0) is 40.2 Å². The van der Waals surface area contributed by atoms with E-state index in [1.54, 1.807) is 0 Å². The predicted octanol–water partition coefficient (Wildman–Crippen LogP) is 2.98. The molecule has 0 bridgehead atoms. The standard InChI is InChI=1S/C13H10BrN2/c1-16-8-2-3-10-5-4-9-6-7-11(14)15-12(9)13(10)16/h2-8H,1H3/q+1. The summed E-state index contributed by atoms with van der Waals surface area (Å²) in [6.45, 7) is 0. The lowest BCUT2D eigenvalue weighted by atomic mass is 10.1. The zero-order valence-electron chi connectivity index (χ0n) is 8.81. The molecule has 0 saturated carbocycles. The maximum absolute atomic E-state index is 4.56. The van der Waals surface area contributed by atoms with Gasteiger partial charge in [0.15, 0.2) is 6.20 Å². The molecule has 0 fully saturated rings. The van der Waals surface area contributed by atoms with E-state index in [2.05, 4.69) is 49.7 Å². The van der Waals surface area contributed by atoms with Crippen LogP contribution in [0.5, 0.6) is 0 Å². The van der Waals surface area contributed by atoms with Crippen LogP contribution in [0.15, 0.2) is 47.2 Å². The van der Waals surface area contributed by atoms with Crippen LogP contribution >= 0.6 is 15.9 Å². The first-order valence-electron chi connectivity index (χ1n) is 5.09. The van der Waals surface area contributed by atoms with Crippen molar-refractivity contribution in [3.8, 4) is 0 Å². The van der Waals surface area contributed by atoms with Crippen molar-refractivity contribution in [2.75, 3.05) is 0 Å². The lowest BCUT2D eigenvalue weighted by Crippen LogP contribution is -2.28. The van der Waals surface area contributed by atoms with Gasteiger partial charge >= 0.3 is 0 Å². The molecule has 0 aliphatic heterocycles. The number of hydrogen-bond acceptors (Lipinski definition) is 1. The summed E-state index contributed by atoms with van der Waals surface area (Å²) in [4.78, 5) is 4.56. The van der Waals surface area contributed by atoms with Gasteiger partial charge in [-0.2, -0.15) is 4.57 Å². The zero-order valence-corrected chi connectivity index (χ0v) is 10.4. The summed E-state index contributed by atoms with van der Waals surface area (Å²) in [5.41, 5.74) is 2.20. The van der Waals surface area contributed by atoms with Crippen molar-refractivity contribution < 1.29 is 4.57 Å². The number of aryl methyl sites for hydroxylation is 1. The topological polar surface area (TPSA) is 16.8 Å². The fourth-order valence-corrected chi connectivity index (χ4v) is 2.33. The molecule has 0 radical (unpaired) electrons. The summed E-state index contributed by atoms with van der Waals surface area (Å²) in [6.07, 6.45) is 2.05. The van der Waals surface area contributed by atoms with Crippen molar-refractivity contribution >= 4 is 37.7 Å². The van der Waals surface area contributed by atoms with E-state index >= 15 is 0 Å². The number of pyridine rings is 2. The summed E-state index contributed by atoms with van der Waals surface area (Å²) < 4.78 is 2.98. The second kappa shape index (κ2) is 3.52. The second-order valence-corrected chi connectivity index (χ2v) is 4.64. The Balaban J connectivity index is 2.61. The van der Waals surface area contributed by atoms with Gasteiger partial charge in [-0.15, -0.1) is 0 Å². The minimum absolute atomic E-state index is 0.872. The number of nitrogens with zero attached hydrogens (tertiary/aromatic N) is 2. The first-order valence-corrected chi connectivity index (χ1v) is 5.88. The Bertz CT molecular complexity index is 692. The number of rotatable bonds is 0. The van der Waals surface area contributed by atoms with Crippen LogP contribution in [0.1, 0.15) is 0 Å². The highest BCUT2D eigenvalue weighted by Gasteiger charge is 2.10. The Kier molecular flexibility index (Phi) is 2.14. The van der Waals surface area contributed by atoms with E-state index in [0.717, 1.165) is 15.5 Å². The summed E-state index contributed by atoms with van der Waals surface area (Å²) >= 11 is 3.42. The molecule has 16 heavy (non-hydrogen) atoms. The van der Waals surface area contributed by atoms with E-state index < -0.39 is 0 Å². The molecule has 0 unspecified atom stereocenters. The third-order valence-corrected chi connectivity index (χ3v) is 3.21. The van der Waals surface area contributed by atoms with Crippen molar-refractivity contribution in [2.24, 2.45) is 7.05 Å². The van der Waals surface area contributed by atoms with Gasteiger partial charge in [0, 0.05) is 16.8 Å². The number of aromatic nitrogens is 2. The monoisotopic (exact) mass is 273 g/mol. The lowest BCUT2D eigenvalue weighted by molar-refractivity contribution is -0.644. The van der Waals surface area contributed by atoms with E-state index in [9.17, 15) is 0 Å². The molecule has 0 aliphatic rings. The molecule has 0 amide bonds. The van der Waals surface area contributed by atoms with Crippen molar-refractivity contribution in [1.29, 1.82) is 0 Å². The first-order chi connectivity index (χ1) is 7.75. The smallest absolute Gasteiger partial charge is 0.234 e. The van der Waals surface area contributed by atoms with Crippen LogP contribution < -0.4 is 4.57 Å². The van der Waals surface area contributed by atoms with Crippen LogP contribution in [0.25, 0.3) is 21.8 Å². The average Bonchev–Trinajstić information content (AvgIpc) is 2.28. The van der Waals surface area contributed by atoms with E-state index in [1.165, 1.54) is 10.9 Å². The first kappa shape index (κ1) is 9.73. The van der Waals surface area contributed by atoms with E-state index in [-0.39, 0.29) is 0 Å². The quantitative estimate of drug-likeness (QED) is 0.350. The summed E-state index contributed by atoms with van der Waals surface area (Å²) in [5, 5.41) is 2.38. The van der Waals surface area contributed by atoms with Crippen LogP contribution in [0.4, 0.5) is 0 Å². The molecule has 1 aromatic carbocycles. The number of fused-ring (bicyclic) bond motifs is 3. The Morgan fingerprint density at radius 1 is 1.06 bits per heavy atom. The third kappa shape index (κ3) is 1.39. The Morgan fingerprint density at radius 2 is 1.81 bits per heavy atom. The van der Waals surface area contributed by atoms with Gasteiger partial charge in [-0.3, -0.25) is 0 Å². The molecule has 0 spiro atoms. The normalized spacial score (nSPS) is 11.1. The fourth-order valence-electron chi connectivity index (χ4n) is 2.02. The van der Waals surface area contributed by atoms with Crippen LogP contribution in [-0.4, -0.2) is 4.98 Å². The number of hydrogen-bond donors (Lipinski definition) is 0. The highest BCUT2D eigenvalue weighted by Crippen LogP contribution is 2.22. The molecule has 2 heterocycles. The van der Waals surface area contributed by atoms with Crippen LogP contribution in [0.2, 0.25) is 0 Å². The van der Waals surface area contributed by atoms with Crippen molar-refractivity contribution in [2.45, 2.75) is 0 Å². The van der Waals surface area contributed by atoms with Gasteiger partial charge in [0.1, 0.15) is 17.2 Å². The average molecular weight is 274 g/mol. The minimum atomic E-state index is 0.872. The predicted molar refractivity (Wildman–Crippen MR) is 68.1 cm³/mol. The molecule has 2 nitrogen and oxygen atoms in total. The summed E-state index contributed by atoms with van der Waals surface area (Å²) in [7, 11) is 2.05. The zero-order chi connectivity index (χ0) is 11.1. The molecule has 0 N–H and O–H groups in total. The molecular formula is C13H10BrN2+. The minimum Gasteiger partial charge on any atom is -0.234 e. The molecule has 0 saturated heterocycles. The van der Waals surface area contributed by atoms with Crippen molar-refractivity contribution in [1.82, 2.24) is 4.98 Å². The summed E-state index contributed by atoms with van der Waals surface area (Å²) in [5.74, 6) is 0. The van der Waals surface area contributed by atoms with Crippen molar-refractivity contribution in [3.05, 3.63) is 47.2 Å². The Labute approximate surface area is 102 Å². The largest absolute Gasteiger partial charge is 0.238 e.